The van der Waals surface area contributed by atoms with Crippen molar-refractivity contribution in [1.82, 2.24) is 15.5 Å². The van der Waals surface area contributed by atoms with Crippen molar-refractivity contribution < 1.29 is 19.0 Å². The molecule has 2 aromatic rings. The van der Waals surface area contributed by atoms with Gasteiger partial charge in [-0.2, -0.15) is 5.10 Å². The van der Waals surface area contributed by atoms with Crippen molar-refractivity contribution in [2.45, 2.75) is 12.1 Å². The van der Waals surface area contributed by atoms with Crippen molar-refractivity contribution in [3.8, 4) is 11.5 Å². The Morgan fingerprint density at radius 2 is 2.32 bits per heavy atom. The van der Waals surface area contributed by atoms with E-state index in [1.54, 1.807) is 43.8 Å². The molecule has 1 fully saturated rings. The molecule has 1 aliphatic rings. The summed E-state index contributed by atoms with van der Waals surface area (Å²) < 4.78 is 16.3. The largest absolute Gasteiger partial charge is 0.497 e. The number of hydrogen-bond acceptors (Lipinski definition) is 5. The minimum Gasteiger partial charge on any atom is -0.497 e. The third kappa shape index (κ3) is 3.20. The number of H-pyrrole nitrogens is 1. The quantitative estimate of drug-likeness (QED) is 0.860. The smallest absolute Gasteiger partial charge is 0.251 e. The minimum absolute atomic E-state index is 0.185. The summed E-state index contributed by atoms with van der Waals surface area (Å²) in [7, 11) is 1.57. The lowest BCUT2D eigenvalue weighted by atomic mass is 10.1. The fourth-order valence-electron chi connectivity index (χ4n) is 2.28. The molecule has 2 atom stereocenters. The van der Waals surface area contributed by atoms with E-state index in [1.165, 1.54) is 0 Å². The Bertz CT molecular complexity index is 629. The third-order valence-electron chi connectivity index (χ3n) is 3.44. The van der Waals surface area contributed by atoms with Gasteiger partial charge in [0, 0.05) is 5.56 Å². The van der Waals surface area contributed by atoms with Gasteiger partial charge in [-0.1, -0.05) is 6.07 Å². The number of methoxy groups -OCH3 is 1. The second kappa shape index (κ2) is 6.48. The predicted octanol–water partition coefficient (Wildman–Crippen LogP) is 0.994. The Balaban J connectivity index is 1.64. The lowest BCUT2D eigenvalue weighted by molar-refractivity contribution is 0.0904. The van der Waals surface area contributed by atoms with Gasteiger partial charge in [-0.05, 0) is 18.2 Å². The summed E-state index contributed by atoms with van der Waals surface area (Å²) >= 11 is 0. The molecule has 2 N–H and O–H groups in total. The van der Waals surface area contributed by atoms with Gasteiger partial charge in [-0.15, -0.1) is 0 Å². The first-order chi connectivity index (χ1) is 10.8. The summed E-state index contributed by atoms with van der Waals surface area (Å²) in [4.78, 5) is 12.3. The predicted molar refractivity (Wildman–Crippen MR) is 78.1 cm³/mol. The summed E-state index contributed by atoms with van der Waals surface area (Å²) in [5.41, 5.74) is 0.535. The van der Waals surface area contributed by atoms with Gasteiger partial charge < -0.3 is 19.5 Å². The zero-order valence-corrected chi connectivity index (χ0v) is 12.1. The highest BCUT2D eigenvalue weighted by Gasteiger charge is 2.31. The number of amides is 1. The van der Waals surface area contributed by atoms with Crippen molar-refractivity contribution in [3.05, 3.63) is 42.2 Å². The zero-order chi connectivity index (χ0) is 15.4. The average molecular weight is 303 g/mol. The summed E-state index contributed by atoms with van der Waals surface area (Å²) in [5.74, 6) is 1.08. The SMILES string of the molecule is COc1cccc(C(=O)N[C@H]2COC[C@H]2Oc2cn[nH]c2)c1. The van der Waals surface area contributed by atoms with Crippen molar-refractivity contribution in [3.63, 3.8) is 0 Å². The molecule has 1 aromatic carbocycles. The van der Waals surface area contributed by atoms with E-state index in [4.69, 9.17) is 14.2 Å². The van der Waals surface area contributed by atoms with Gasteiger partial charge in [-0.3, -0.25) is 9.89 Å². The normalized spacial score (nSPS) is 20.6. The summed E-state index contributed by atoms with van der Waals surface area (Å²) in [6.07, 6.45) is 2.99. The van der Waals surface area contributed by atoms with Crippen LogP contribution in [0, 0.1) is 0 Å². The van der Waals surface area contributed by atoms with Gasteiger partial charge in [0.05, 0.1) is 38.8 Å². The molecule has 0 aliphatic carbocycles. The van der Waals surface area contributed by atoms with E-state index in [-0.39, 0.29) is 18.1 Å². The maximum absolute atomic E-state index is 12.3. The van der Waals surface area contributed by atoms with Gasteiger partial charge in [0.15, 0.2) is 5.75 Å². The highest BCUT2D eigenvalue weighted by Crippen LogP contribution is 2.17. The number of hydrogen-bond donors (Lipinski definition) is 2. The van der Waals surface area contributed by atoms with Crippen LogP contribution < -0.4 is 14.8 Å². The van der Waals surface area contributed by atoms with Gasteiger partial charge in [-0.25, -0.2) is 0 Å². The van der Waals surface area contributed by atoms with Crippen LogP contribution in [0.5, 0.6) is 11.5 Å². The maximum atomic E-state index is 12.3. The van der Waals surface area contributed by atoms with E-state index in [0.29, 0.717) is 30.3 Å². The number of benzene rings is 1. The molecule has 1 aromatic heterocycles. The maximum Gasteiger partial charge on any atom is 0.251 e. The number of aromatic amines is 1. The Labute approximate surface area is 127 Å². The third-order valence-corrected chi connectivity index (χ3v) is 3.44. The van der Waals surface area contributed by atoms with E-state index in [1.807, 2.05) is 0 Å². The molecular weight excluding hydrogens is 286 g/mol. The Morgan fingerprint density at radius 1 is 1.41 bits per heavy atom. The molecule has 2 heterocycles. The fourth-order valence-corrected chi connectivity index (χ4v) is 2.28. The lowest BCUT2D eigenvalue weighted by Crippen LogP contribution is -2.45. The van der Waals surface area contributed by atoms with Gasteiger partial charge in [0.2, 0.25) is 0 Å². The first-order valence-corrected chi connectivity index (χ1v) is 6.94. The monoisotopic (exact) mass is 303 g/mol. The number of ether oxygens (including phenoxy) is 3. The number of rotatable bonds is 5. The van der Waals surface area contributed by atoms with E-state index in [9.17, 15) is 4.79 Å². The van der Waals surface area contributed by atoms with Crippen molar-refractivity contribution in [2.24, 2.45) is 0 Å². The summed E-state index contributed by atoms with van der Waals surface area (Å²) in [5, 5.41) is 9.44. The highest BCUT2D eigenvalue weighted by atomic mass is 16.5. The molecule has 0 bridgehead atoms. The number of carbonyl (C=O) groups excluding carboxylic acids is 1. The molecule has 7 nitrogen and oxygen atoms in total. The van der Waals surface area contributed by atoms with Crippen LogP contribution in [0.3, 0.4) is 0 Å². The van der Waals surface area contributed by atoms with Crippen LogP contribution in [0.25, 0.3) is 0 Å². The molecule has 1 aliphatic heterocycles. The standard InChI is InChI=1S/C15H17N3O4/c1-20-11-4-2-3-10(5-11)15(19)18-13-8-21-9-14(13)22-12-6-16-17-7-12/h2-7,13-14H,8-9H2,1H3,(H,16,17)(H,18,19)/t13-,14+/m0/s1. The molecule has 22 heavy (non-hydrogen) atoms. The Morgan fingerprint density at radius 3 is 3.09 bits per heavy atom. The van der Waals surface area contributed by atoms with Crippen LogP contribution in [0.15, 0.2) is 36.7 Å². The van der Waals surface area contributed by atoms with Crippen LogP contribution in [-0.4, -0.2) is 48.6 Å². The molecule has 3 rings (SSSR count). The number of nitrogens with one attached hydrogen (secondary N) is 2. The first-order valence-electron chi connectivity index (χ1n) is 6.94. The lowest BCUT2D eigenvalue weighted by Gasteiger charge is -2.19. The number of nitrogens with zero attached hydrogens (tertiary/aromatic N) is 1. The molecule has 7 heteroatoms. The Hall–Kier alpha value is -2.54. The van der Waals surface area contributed by atoms with E-state index in [2.05, 4.69) is 15.5 Å². The van der Waals surface area contributed by atoms with E-state index in [0.717, 1.165) is 0 Å². The molecule has 0 spiro atoms. The van der Waals surface area contributed by atoms with Crippen molar-refractivity contribution in [2.75, 3.05) is 20.3 Å². The van der Waals surface area contributed by atoms with Crippen LogP contribution in [0.1, 0.15) is 10.4 Å². The van der Waals surface area contributed by atoms with E-state index >= 15 is 0 Å². The number of aromatic nitrogens is 2. The molecule has 0 saturated carbocycles. The second-order valence-corrected chi connectivity index (χ2v) is 4.94. The topological polar surface area (TPSA) is 85.5 Å². The molecule has 116 valence electrons. The van der Waals surface area contributed by atoms with Crippen LogP contribution >= 0.6 is 0 Å². The van der Waals surface area contributed by atoms with Crippen molar-refractivity contribution in [1.29, 1.82) is 0 Å². The van der Waals surface area contributed by atoms with Gasteiger partial charge in [0.1, 0.15) is 11.9 Å². The molecule has 1 saturated heterocycles. The minimum atomic E-state index is -0.243. The fraction of sp³-hybridized carbons (Fsp3) is 0.333. The molecule has 0 unspecified atom stereocenters. The van der Waals surface area contributed by atoms with Crippen molar-refractivity contribution >= 4 is 5.91 Å². The van der Waals surface area contributed by atoms with Gasteiger partial charge in [0.25, 0.3) is 5.91 Å². The summed E-state index contributed by atoms with van der Waals surface area (Å²) in [6.45, 7) is 0.840. The van der Waals surface area contributed by atoms with Crippen LogP contribution in [0.4, 0.5) is 0 Å². The number of carbonyl (C=O) groups is 1. The second-order valence-electron chi connectivity index (χ2n) is 4.94. The van der Waals surface area contributed by atoms with Gasteiger partial charge >= 0.3 is 0 Å². The summed E-state index contributed by atoms with van der Waals surface area (Å²) in [6, 6.07) is 6.78. The van der Waals surface area contributed by atoms with Crippen LogP contribution in [0.2, 0.25) is 0 Å². The zero-order valence-electron chi connectivity index (χ0n) is 12.1. The molecule has 1 amide bonds. The van der Waals surface area contributed by atoms with E-state index < -0.39 is 0 Å². The molecular formula is C15H17N3O4. The first kappa shape index (κ1) is 14.4. The Kier molecular flexibility index (Phi) is 4.24. The highest BCUT2D eigenvalue weighted by molar-refractivity contribution is 5.94. The average Bonchev–Trinajstić information content (AvgIpc) is 3.20. The van der Waals surface area contributed by atoms with Crippen LogP contribution in [-0.2, 0) is 4.74 Å². The molecule has 0 radical (unpaired) electrons.